The van der Waals surface area contributed by atoms with E-state index < -0.39 is 11.2 Å². The number of aromatic amines is 1. The van der Waals surface area contributed by atoms with Crippen LogP contribution in [0.3, 0.4) is 0 Å². The number of anilines is 1. The summed E-state index contributed by atoms with van der Waals surface area (Å²) in [5, 5.41) is 2.93. The molecule has 0 saturated heterocycles. The number of rotatable bonds is 8. The second-order valence-corrected chi connectivity index (χ2v) is 8.20. The van der Waals surface area contributed by atoms with E-state index in [9.17, 15) is 14.4 Å². The molecule has 0 spiro atoms. The fourth-order valence-corrected chi connectivity index (χ4v) is 3.80. The minimum absolute atomic E-state index is 0.0469. The van der Waals surface area contributed by atoms with Crippen LogP contribution in [0.2, 0.25) is 0 Å². The smallest absolute Gasteiger partial charge is 0.326 e. The molecule has 33 heavy (non-hydrogen) atoms. The lowest BCUT2D eigenvalue weighted by Gasteiger charge is -2.11. The van der Waals surface area contributed by atoms with E-state index in [1.165, 1.54) is 0 Å². The fraction of sp³-hybridized carbons (Fsp3) is 0.320. The SMILES string of the molecule is CCCCCC(=O)Nc1cc2nc3[nH]c(=O)n(CCc4ccccc4)c(=O)c3nc2cc1C. The van der Waals surface area contributed by atoms with E-state index >= 15 is 0 Å². The number of amides is 1. The summed E-state index contributed by atoms with van der Waals surface area (Å²) < 4.78 is 1.16. The standard InChI is InChI=1S/C25H27N5O3/c1-3-4-6-11-21(31)26-18-15-20-19(14-16(18)2)27-22-23(28-20)29-25(33)30(24(22)32)13-12-17-9-7-5-8-10-17/h5,7-10,14-15H,3-4,6,11-13H2,1-2H3,(H,26,31)(H,28,29,33). The number of H-pyrrole nitrogens is 1. The zero-order valence-corrected chi connectivity index (χ0v) is 18.9. The van der Waals surface area contributed by atoms with Gasteiger partial charge in [-0.15, -0.1) is 0 Å². The van der Waals surface area contributed by atoms with Crippen molar-refractivity contribution in [2.24, 2.45) is 0 Å². The van der Waals surface area contributed by atoms with Gasteiger partial charge in [0, 0.05) is 18.7 Å². The Morgan fingerprint density at radius 2 is 1.82 bits per heavy atom. The van der Waals surface area contributed by atoms with Crippen molar-refractivity contribution in [3.8, 4) is 0 Å². The molecule has 2 N–H and O–H groups in total. The highest BCUT2D eigenvalue weighted by molar-refractivity contribution is 5.95. The Morgan fingerprint density at radius 1 is 1.06 bits per heavy atom. The highest BCUT2D eigenvalue weighted by Gasteiger charge is 2.14. The van der Waals surface area contributed by atoms with E-state index in [0.717, 1.165) is 35.0 Å². The van der Waals surface area contributed by atoms with Crippen molar-refractivity contribution in [2.45, 2.75) is 52.5 Å². The summed E-state index contributed by atoms with van der Waals surface area (Å²) in [5.74, 6) is -0.0469. The zero-order valence-electron chi connectivity index (χ0n) is 18.9. The van der Waals surface area contributed by atoms with Crippen molar-refractivity contribution in [1.29, 1.82) is 0 Å². The molecular formula is C25H27N5O3. The maximum absolute atomic E-state index is 13.0. The van der Waals surface area contributed by atoms with Crippen LogP contribution in [0.4, 0.5) is 5.69 Å². The van der Waals surface area contributed by atoms with Crippen molar-refractivity contribution in [1.82, 2.24) is 19.5 Å². The first-order chi connectivity index (χ1) is 16.0. The third-order valence-corrected chi connectivity index (χ3v) is 5.68. The molecule has 0 aliphatic carbocycles. The molecule has 0 atom stereocenters. The van der Waals surface area contributed by atoms with Gasteiger partial charge in [0.2, 0.25) is 5.91 Å². The average Bonchev–Trinajstić information content (AvgIpc) is 2.79. The molecule has 0 saturated carbocycles. The summed E-state index contributed by atoms with van der Waals surface area (Å²) in [6, 6.07) is 13.2. The van der Waals surface area contributed by atoms with E-state index in [2.05, 4.69) is 27.2 Å². The first-order valence-corrected chi connectivity index (χ1v) is 11.2. The molecule has 0 aliphatic rings. The van der Waals surface area contributed by atoms with Crippen molar-refractivity contribution >= 4 is 33.8 Å². The van der Waals surface area contributed by atoms with Gasteiger partial charge >= 0.3 is 5.69 Å². The number of carbonyl (C=O) groups excluding carboxylic acids is 1. The van der Waals surface area contributed by atoms with E-state index in [0.29, 0.717) is 29.6 Å². The van der Waals surface area contributed by atoms with Crippen LogP contribution in [0.5, 0.6) is 0 Å². The number of hydrogen-bond acceptors (Lipinski definition) is 5. The van der Waals surface area contributed by atoms with Gasteiger partial charge in [-0.3, -0.25) is 19.1 Å². The summed E-state index contributed by atoms with van der Waals surface area (Å²) in [6.07, 6.45) is 3.92. The van der Waals surface area contributed by atoms with Crippen LogP contribution in [0.15, 0.2) is 52.1 Å². The number of carbonyl (C=O) groups is 1. The Kier molecular flexibility index (Phi) is 6.63. The summed E-state index contributed by atoms with van der Waals surface area (Å²) in [5.41, 5.74) is 2.80. The van der Waals surface area contributed by atoms with Crippen LogP contribution in [-0.2, 0) is 17.8 Å². The van der Waals surface area contributed by atoms with Gasteiger partial charge in [-0.25, -0.2) is 14.8 Å². The van der Waals surface area contributed by atoms with Crippen molar-refractivity contribution in [3.63, 3.8) is 0 Å². The first-order valence-electron chi connectivity index (χ1n) is 11.2. The molecule has 2 aromatic carbocycles. The van der Waals surface area contributed by atoms with Crippen LogP contribution in [-0.4, -0.2) is 25.4 Å². The predicted octanol–water partition coefficient (Wildman–Crippen LogP) is 3.70. The van der Waals surface area contributed by atoms with Crippen molar-refractivity contribution in [3.05, 3.63) is 74.4 Å². The molecule has 8 nitrogen and oxygen atoms in total. The molecule has 8 heteroatoms. The second-order valence-electron chi connectivity index (χ2n) is 8.20. The van der Waals surface area contributed by atoms with Gasteiger partial charge in [0.1, 0.15) is 0 Å². The van der Waals surface area contributed by atoms with Crippen LogP contribution in [0, 0.1) is 6.92 Å². The molecule has 0 radical (unpaired) electrons. The number of nitrogens with one attached hydrogen (secondary N) is 2. The maximum Gasteiger partial charge on any atom is 0.330 e. The number of aromatic nitrogens is 4. The first kappa shape index (κ1) is 22.4. The summed E-state index contributed by atoms with van der Waals surface area (Å²) in [6.45, 7) is 4.21. The number of benzene rings is 2. The average molecular weight is 446 g/mol. The summed E-state index contributed by atoms with van der Waals surface area (Å²) in [7, 11) is 0. The predicted molar refractivity (Wildman–Crippen MR) is 130 cm³/mol. The minimum atomic E-state index is -0.520. The third-order valence-electron chi connectivity index (χ3n) is 5.68. The highest BCUT2D eigenvalue weighted by Crippen LogP contribution is 2.22. The molecule has 2 heterocycles. The second kappa shape index (κ2) is 9.77. The number of fused-ring (bicyclic) bond motifs is 2. The van der Waals surface area contributed by atoms with E-state index in [1.807, 2.05) is 37.3 Å². The summed E-state index contributed by atoms with van der Waals surface area (Å²) in [4.78, 5) is 49.5. The Hall–Kier alpha value is -3.81. The Bertz CT molecular complexity index is 1420. The van der Waals surface area contributed by atoms with Gasteiger partial charge < -0.3 is 5.32 Å². The van der Waals surface area contributed by atoms with Gasteiger partial charge in [0.15, 0.2) is 11.2 Å². The molecule has 0 bridgehead atoms. The monoisotopic (exact) mass is 445 g/mol. The molecule has 1 amide bonds. The molecule has 0 unspecified atom stereocenters. The molecule has 4 rings (SSSR count). The maximum atomic E-state index is 13.0. The van der Waals surface area contributed by atoms with E-state index in [1.54, 1.807) is 12.1 Å². The number of aryl methyl sites for hydroxylation is 2. The van der Waals surface area contributed by atoms with E-state index in [-0.39, 0.29) is 23.6 Å². The van der Waals surface area contributed by atoms with Gasteiger partial charge in [-0.1, -0.05) is 50.1 Å². The Labute approximate surface area is 190 Å². The lowest BCUT2D eigenvalue weighted by Crippen LogP contribution is -2.36. The van der Waals surface area contributed by atoms with E-state index in [4.69, 9.17) is 0 Å². The molecule has 170 valence electrons. The third kappa shape index (κ3) is 5.00. The summed E-state index contributed by atoms with van der Waals surface area (Å²) >= 11 is 0. The van der Waals surface area contributed by atoms with Gasteiger partial charge in [0.25, 0.3) is 5.56 Å². The molecule has 0 fully saturated rings. The van der Waals surface area contributed by atoms with Crippen molar-refractivity contribution in [2.75, 3.05) is 5.32 Å². The molecule has 2 aromatic heterocycles. The van der Waals surface area contributed by atoms with Crippen LogP contribution in [0.25, 0.3) is 22.2 Å². The highest BCUT2D eigenvalue weighted by atomic mass is 16.2. The minimum Gasteiger partial charge on any atom is -0.326 e. The van der Waals surface area contributed by atoms with Crippen molar-refractivity contribution < 1.29 is 4.79 Å². The quantitative estimate of drug-likeness (QED) is 0.317. The topological polar surface area (TPSA) is 110 Å². The lowest BCUT2D eigenvalue weighted by molar-refractivity contribution is -0.116. The normalized spacial score (nSPS) is 11.2. The molecule has 0 aliphatic heterocycles. The fourth-order valence-electron chi connectivity index (χ4n) is 3.80. The Morgan fingerprint density at radius 3 is 2.58 bits per heavy atom. The van der Waals surface area contributed by atoms with Gasteiger partial charge in [-0.2, -0.15) is 0 Å². The zero-order chi connectivity index (χ0) is 23.4. The number of hydrogen-bond donors (Lipinski definition) is 2. The van der Waals surface area contributed by atoms with Crippen LogP contribution >= 0.6 is 0 Å². The number of nitrogens with zero attached hydrogens (tertiary/aromatic N) is 3. The van der Waals surface area contributed by atoms with Gasteiger partial charge in [0.05, 0.1) is 11.0 Å². The van der Waals surface area contributed by atoms with Crippen LogP contribution < -0.4 is 16.6 Å². The van der Waals surface area contributed by atoms with Crippen LogP contribution in [0.1, 0.15) is 43.7 Å². The molecule has 4 aromatic rings. The van der Waals surface area contributed by atoms with Gasteiger partial charge in [-0.05, 0) is 43.0 Å². The molecular weight excluding hydrogens is 418 g/mol. The number of unbranched alkanes of at least 4 members (excludes halogenated alkanes) is 2. The largest absolute Gasteiger partial charge is 0.330 e. The lowest BCUT2D eigenvalue weighted by atomic mass is 10.1. The Balaban J connectivity index is 1.66.